The predicted molar refractivity (Wildman–Crippen MR) is 98.3 cm³/mol. The Labute approximate surface area is 155 Å². The number of ether oxygens (including phenoxy) is 2. The van der Waals surface area contributed by atoms with E-state index in [0.29, 0.717) is 40.9 Å². The zero-order valence-corrected chi connectivity index (χ0v) is 14.8. The lowest BCUT2D eigenvalue weighted by atomic mass is 10.1. The summed E-state index contributed by atoms with van der Waals surface area (Å²) in [5.74, 6) is 0.187. The van der Waals surface area contributed by atoms with Crippen molar-refractivity contribution in [2.24, 2.45) is 0 Å². The molecule has 0 radical (unpaired) electrons. The molecule has 0 aliphatic carbocycles. The molecule has 0 atom stereocenters. The highest BCUT2D eigenvalue weighted by Gasteiger charge is 2.16. The molecule has 0 aromatic heterocycles. The quantitative estimate of drug-likeness (QED) is 0.641. The largest absolute Gasteiger partial charge is 0.486 e. The van der Waals surface area contributed by atoms with Gasteiger partial charge in [0.2, 0.25) is 0 Å². The van der Waals surface area contributed by atoms with Gasteiger partial charge in [0, 0.05) is 11.6 Å². The van der Waals surface area contributed by atoms with Gasteiger partial charge in [0.15, 0.2) is 11.5 Å². The molecule has 1 heterocycles. The van der Waals surface area contributed by atoms with E-state index in [2.05, 4.69) is 10.9 Å². The Morgan fingerprint density at radius 3 is 2.69 bits per heavy atom. The van der Waals surface area contributed by atoms with Crippen LogP contribution in [-0.2, 0) is 4.79 Å². The Morgan fingerprint density at radius 1 is 1.12 bits per heavy atom. The molecule has 0 saturated heterocycles. The molecule has 134 valence electrons. The molecule has 26 heavy (non-hydrogen) atoms. The number of hydrogen-bond acceptors (Lipinski definition) is 4. The van der Waals surface area contributed by atoms with Gasteiger partial charge in [-0.3, -0.25) is 20.4 Å². The van der Waals surface area contributed by atoms with Crippen molar-refractivity contribution in [3.63, 3.8) is 0 Å². The summed E-state index contributed by atoms with van der Waals surface area (Å²) < 4.78 is 10.9. The van der Waals surface area contributed by atoms with Crippen LogP contribution < -0.4 is 20.3 Å². The molecule has 0 bridgehead atoms. The minimum Gasteiger partial charge on any atom is -0.486 e. The number of aryl methyl sites for hydroxylation is 1. The monoisotopic (exact) mass is 372 g/mol. The number of rotatable bonds is 3. The molecular weight excluding hydrogens is 356 g/mol. The second-order valence-electron chi connectivity index (χ2n) is 5.62. The van der Waals surface area contributed by atoms with Crippen LogP contribution in [0.5, 0.6) is 11.5 Å². The number of benzene rings is 2. The van der Waals surface area contributed by atoms with Crippen molar-refractivity contribution in [1.82, 2.24) is 10.9 Å². The molecule has 6 nitrogen and oxygen atoms in total. The van der Waals surface area contributed by atoms with E-state index in [1.54, 1.807) is 30.3 Å². The zero-order valence-electron chi connectivity index (χ0n) is 14.0. The van der Waals surface area contributed by atoms with Gasteiger partial charge in [0.05, 0.1) is 5.02 Å². The van der Waals surface area contributed by atoms with Gasteiger partial charge in [0.25, 0.3) is 11.8 Å². The molecule has 2 aromatic carbocycles. The average Bonchev–Trinajstić information content (AvgIpc) is 2.65. The van der Waals surface area contributed by atoms with Gasteiger partial charge in [-0.25, -0.2) is 0 Å². The van der Waals surface area contributed by atoms with Crippen molar-refractivity contribution in [1.29, 1.82) is 0 Å². The number of amides is 2. The van der Waals surface area contributed by atoms with Gasteiger partial charge in [0.1, 0.15) is 13.2 Å². The van der Waals surface area contributed by atoms with Crippen LogP contribution in [0.2, 0.25) is 5.02 Å². The van der Waals surface area contributed by atoms with E-state index in [1.807, 2.05) is 19.1 Å². The summed E-state index contributed by atoms with van der Waals surface area (Å²) >= 11 is 6.15. The number of halogens is 1. The van der Waals surface area contributed by atoms with E-state index in [4.69, 9.17) is 21.1 Å². The lowest BCUT2D eigenvalue weighted by molar-refractivity contribution is -0.117. The molecule has 1 aliphatic rings. The third kappa shape index (κ3) is 4.15. The first-order chi connectivity index (χ1) is 12.5. The van der Waals surface area contributed by atoms with Gasteiger partial charge in [-0.15, -0.1) is 0 Å². The molecule has 0 fully saturated rings. The maximum absolute atomic E-state index is 12.1. The number of carbonyl (C=O) groups excluding carboxylic acids is 2. The Kier molecular flexibility index (Phi) is 5.43. The van der Waals surface area contributed by atoms with Crippen LogP contribution in [0, 0.1) is 6.92 Å². The zero-order chi connectivity index (χ0) is 18.5. The highest BCUT2D eigenvalue weighted by atomic mass is 35.5. The van der Waals surface area contributed by atoms with E-state index in [9.17, 15) is 9.59 Å². The van der Waals surface area contributed by atoms with Crippen LogP contribution in [0.4, 0.5) is 0 Å². The van der Waals surface area contributed by atoms with Gasteiger partial charge in [-0.05, 0) is 42.3 Å². The molecule has 0 saturated carbocycles. The van der Waals surface area contributed by atoms with Crippen molar-refractivity contribution < 1.29 is 19.1 Å². The smallest absolute Gasteiger partial charge is 0.269 e. The predicted octanol–water partition coefficient (Wildman–Crippen LogP) is 2.89. The topological polar surface area (TPSA) is 76.7 Å². The maximum atomic E-state index is 12.1. The standard InChI is InChI=1S/C19H17ClN2O4/c1-12-4-2-3-5-14(12)19(24)22-21-17(23)7-6-13-10-15(20)18-16(11-13)25-8-9-26-18/h2-7,10-11H,8-9H2,1H3,(H,21,23)(H,22,24)/b7-6+. The summed E-state index contributed by atoms with van der Waals surface area (Å²) in [6.07, 6.45) is 2.86. The van der Waals surface area contributed by atoms with Crippen LogP contribution in [-0.4, -0.2) is 25.0 Å². The lowest BCUT2D eigenvalue weighted by Gasteiger charge is -2.19. The van der Waals surface area contributed by atoms with Gasteiger partial charge < -0.3 is 9.47 Å². The van der Waals surface area contributed by atoms with E-state index in [1.165, 1.54) is 6.08 Å². The van der Waals surface area contributed by atoms with Crippen molar-refractivity contribution >= 4 is 29.5 Å². The third-order valence-electron chi connectivity index (χ3n) is 3.74. The first-order valence-corrected chi connectivity index (χ1v) is 8.35. The Balaban J connectivity index is 1.61. The molecule has 1 aliphatic heterocycles. The van der Waals surface area contributed by atoms with Crippen LogP contribution in [0.25, 0.3) is 6.08 Å². The number of hydrogen-bond donors (Lipinski definition) is 2. The van der Waals surface area contributed by atoms with Crippen molar-refractivity contribution in [3.05, 3.63) is 64.2 Å². The fraction of sp³-hybridized carbons (Fsp3) is 0.158. The van der Waals surface area contributed by atoms with Crippen LogP contribution in [0.1, 0.15) is 21.5 Å². The van der Waals surface area contributed by atoms with Crippen molar-refractivity contribution in [3.8, 4) is 11.5 Å². The Morgan fingerprint density at radius 2 is 1.88 bits per heavy atom. The highest BCUT2D eigenvalue weighted by molar-refractivity contribution is 6.32. The minimum atomic E-state index is -0.474. The summed E-state index contributed by atoms with van der Waals surface area (Å²) in [6, 6.07) is 10.5. The van der Waals surface area contributed by atoms with E-state index >= 15 is 0 Å². The van der Waals surface area contributed by atoms with Gasteiger partial charge >= 0.3 is 0 Å². The van der Waals surface area contributed by atoms with E-state index in [0.717, 1.165) is 5.56 Å². The normalized spacial score (nSPS) is 12.7. The summed E-state index contributed by atoms with van der Waals surface area (Å²) in [4.78, 5) is 24.0. The Bertz CT molecular complexity index is 880. The number of nitrogens with one attached hydrogen (secondary N) is 2. The third-order valence-corrected chi connectivity index (χ3v) is 4.02. The van der Waals surface area contributed by atoms with Crippen molar-refractivity contribution in [2.45, 2.75) is 6.92 Å². The Hall–Kier alpha value is -2.99. The summed E-state index contributed by atoms with van der Waals surface area (Å²) in [6.45, 7) is 2.72. The van der Waals surface area contributed by atoms with Crippen molar-refractivity contribution in [2.75, 3.05) is 13.2 Å². The molecule has 0 spiro atoms. The first-order valence-electron chi connectivity index (χ1n) is 7.98. The minimum absolute atomic E-state index is 0.382. The van der Waals surface area contributed by atoms with Crippen LogP contribution in [0.3, 0.4) is 0 Å². The van der Waals surface area contributed by atoms with Crippen LogP contribution >= 0.6 is 11.6 Å². The number of carbonyl (C=O) groups is 2. The molecule has 7 heteroatoms. The highest BCUT2D eigenvalue weighted by Crippen LogP contribution is 2.38. The fourth-order valence-corrected chi connectivity index (χ4v) is 2.73. The number of hydrazine groups is 1. The summed E-state index contributed by atoms with van der Waals surface area (Å²) in [5.41, 5.74) is 6.71. The molecule has 3 rings (SSSR count). The lowest BCUT2D eigenvalue weighted by Crippen LogP contribution is -2.41. The van der Waals surface area contributed by atoms with Gasteiger partial charge in [-0.2, -0.15) is 0 Å². The molecule has 2 N–H and O–H groups in total. The van der Waals surface area contributed by atoms with Gasteiger partial charge in [-0.1, -0.05) is 29.8 Å². The van der Waals surface area contributed by atoms with Crippen LogP contribution in [0.15, 0.2) is 42.5 Å². The second kappa shape index (κ2) is 7.93. The molecular formula is C19H17ClN2O4. The maximum Gasteiger partial charge on any atom is 0.269 e. The first kappa shape index (κ1) is 17.8. The average molecular weight is 373 g/mol. The molecule has 2 amide bonds. The summed E-state index contributed by atoms with van der Waals surface area (Å²) in [7, 11) is 0. The fourth-order valence-electron chi connectivity index (χ4n) is 2.45. The molecule has 0 unspecified atom stereocenters. The SMILES string of the molecule is Cc1ccccc1C(=O)NNC(=O)/C=C/c1cc(Cl)c2c(c1)OCCO2. The van der Waals surface area contributed by atoms with E-state index < -0.39 is 5.91 Å². The molecule has 2 aromatic rings. The number of fused-ring (bicyclic) bond motifs is 1. The second-order valence-corrected chi connectivity index (χ2v) is 6.03. The summed E-state index contributed by atoms with van der Waals surface area (Å²) in [5, 5.41) is 0.412. The van der Waals surface area contributed by atoms with E-state index in [-0.39, 0.29) is 5.91 Å².